The SMILES string of the molecule is COc1cc(CNc2ncc(C)cn2)ccn1. The topological polar surface area (TPSA) is 59.9 Å². The molecule has 0 amide bonds. The van der Waals surface area contributed by atoms with Crippen LogP contribution >= 0.6 is 0 Å². The monoisotopic (exact) mass is 230 g/mol. The highest BCUT2D eigenvalue weighted by Gasteiger charge is 1.98. The number of aromatic nitrogens is 3. The van der Waals surface area contributed by atoms with Gasteiger partial charge in [0.05, 0.1) is 7.11 Å². The van der Waals surface area contributed by atoms with Crippen LogP contribution in [0.1, 0.15) is 11.1 Å². The molecule has 2 rings (SSSR count). The summed E-state index contributed by atoms with van der Waals surface area (Å²) in [7, 11) is 1.60. The average Bonchev–Trinajstić information content (AvgIpc) is 2.38. The Morgan fingerprint density at radius 2 is 2.00 bits per heavy atom. The van der Waals surface area contributed by atoms with Gasteiger partial charge in [0.25, 0.3) is 0 Å². The van der Waals surface area contributed by atoms with Crippen molar-refractivity contribution in [3.63, 3.8) is 0 Å². The van der Waals surface area contributed by atoms with Crippen LogP contribution in [-0.2, 0) is 6.54 Å². The molecule has 0 spiro atoms. The molecule has 5 heteroatoms. The Kier molecular flexibility index (Phi) is 3.49. The highest BCUT2D eigenvalue weighted by atomic mass is 16.5. The maximum Gasteiger partial charge on any atom is 0.222 e. The molecular formula is C12H14N4O. The number of aryl methyl sites for hydroxylation is 1. The number of nitrogens with zero attached hydrogens (tertiary/aromatic N) is 3. The second-order valence-corrected chi connectivity index (χ2v) is 3.64. The van der Waals surface area contributed by atoms with Crippen LogP contribution in [0.15, 0.2) is 30.7 Å². The van der Waals surface area contributed by atoms with Gasteiger partial charge in [-0.25, -0.2) is 15.0 Å². The van der Waals surface area contributed by atoms with Crippen LogP contribution in [0.5, 0.6) is 5.88 Å². The molecule has 0 aliphatic carbocycles. The number of hydrogen-bond donors (Lipinski definition) is 1. The first-order valence-electron chi connectivity index (χ1n) is 5.29. The van der Waals surface area contributed by atoms with Crippen molar-refractivity contribution in [1.82, 2.24) is 15.0 Å². The van der Waals surface area contributed by atoms with E-state index in [9.17, 15) is 0 Å². The van der Waals surface area contributed by atoms with Crippen LogP contribution in [0.2, 0.25) is 0 Å². The summed E-state index contributed by atoms with van der Waals surface area (Å²) in [5, 5.41) is 3.13. The van der Waals surface area contributed by atoms with E-state index in [0.29, 0.717) is 18.4 Å². The van der Waals surface area contributed by atoms with E-state index in [1.54, 1.807) is 25.7 Å². The predicted molar refractivity (Wildman–Crippen MR) is 64.9 cm³/mol. The molecule has 2 aromatic rings. The van der Waals surface area contributed by atoms with E-state index in [1.165, 1.54) is 0 Å². The van der Waals surface area contributed by atoms with E-state index in [1.807, 2.05) is 19.1 Å². The number of ether oxygens (including phenoxy) is 1. The molecule has 1 N–H and O–H groups in total. The van der Waals surface area contributed by atoms with Gasteiger partial charge in [-0.15, -0.1) is 0 Å². The van der Waals surface area contributed by atoms with Gasteiger partial charge in [0.2, 0.25) is 11.8 Å². The third-order valence-electron chi connectivity index (χ3n) is 2.24. The van der Waals surface area contributed by atoms with Crippen LogP contribution in [0, 0.1) is 6.92 Å². The summed E-state index contributed by atoms with van der Waals surface area (Å²) in [6.07, 6.45) is 5.27. The van der Waals surface area contributed by atoms with Gasteiger partial charge in [0.1, 0.15) is 0 Å². The van der Waals surface area contributed by atoms with E-state index >= 15 is 0 Å². The zero-order valence-corrected chi connectivity index (χ0v) is 9.84. The smallest absolute Gasteiger partial charge is 0.222 e. The summed E-state index contributed by atoms with van der Waals surface area (Å²) in [6, 6.07) is 3.80. The van der Waals surface area contributed by atoms with Crippen molar-refractivity contribution in [3.8, 4) is 5.88 Å². The standard InChI is InChI=1S/C12H14N4O/c1-9-6-14-12(15-7-9)16-8-10-3-4-13-11(5-10)17-2/h3-7H,8H2,1-2H3,(H,14,15,16). The van der Waals surface area contributed by atoms with Crippen molar-refractivity contribution in [2.24, 2.45) is 0 Å². The van der Waals surface area contributed by atoms with Crippen LogP contribution < -0.4 is 10.1 Å². The van der Waals surface area contributed by atoms with E-state index in [-0.39, 0.29) is 0 Å². The van der Waals surface area contributed by atoms with Crippen LogP contribution in [0.25, 0.3) is 0 Å². The Morgan fingerprint density at radius 3 is 2.71 bits per heavy atom. The summed E-state index contributed by atoms with van der Waals surface area (Å²) in [5.74, 6) is 1.22. The van der Waals surface area contributed by atoms with Crippen LogP contribution in [0.4, 0.5) is 5.95 Å². The van der Waals surface area contributed by atoms with Gasteiger partial charge in [-0.3, -0.25) is 0 Å². The normalized spacial score (nSPS) is 10.0. The molecular weight excluding hydrogens is 216 g/mol. The molecule has 0 fully saturated rings. The number of hydrogen-bond acceptors (Lipinski definition) is 5. The number of methoxy groups -OCH3 is 1. The zero-order valence-electron chi connectivity index (χ0n) is 9.84. The summed E-state index contributed by atoms with van der Waals surface area (Å²) < 4.78 is 5.05. The second-order valence-electron chi connectivity index (χ2n) is 3.64. The Bertz CT molecular complexity index is 484. The molecule has 17 heavy (non-hydrogen) atoms. The van der Waals surface area contributed by atoms with Crippen molar-refractivity contribution in [1.29, 1.82) is 0 Å². The third-order valence-corrected chi connectivity index (χ3v) is 2.24. The molecule has 0 radical (unpaired) electrons. The van der Waals surface area contributed by atoms with Crippen LogP contribution in [0.3, 0.4) is 0 Å². The predicted octanol–water partition coefficient (Wildman–Crippen LogP) is 1.80. The lowest BCUT2D eigenvalue weighted by atomic mass is 10.2. The van der Waals surface area contributed by atoms with Crippen LogP contribution in [-0.4, -0.2) is 22.1 Å². The molecule has 0 atom stereocenters. The fourth-order valence-corrected chi connectivity index (χ4v) is 1.34. The molecule has 0 unspecified atom stereocenters. The van der Waals surface area contributed by atoms with Crippen molar-refractivity contribution >= 4 is 5.95 Å². The lowest BCUT2D eigenvalue weighted by Crippen LogP contribution is -2.03. The third kappa shape index (κ3) is 3.14. The van der Waals surface area contributed by atoms with Crippen molar-refractivity contribution in [2.45, 2.75) is 13.5 Å². The molecule has 88 valence electrons. The highest BCUT2D eigenvalue weighted by Crippen LogP contribution is 2.09. The van der Waals surface area contributed by atoms with Gasteiger partial charge in [-0.2, -0.15) is 0 Å². The van der Waals surface area contributed by atoms with E-state index in [4.69, 9.17) is 4.74 Å². The van der Waals surface area contributed by atoms with Gasteiger partial charge >= 0.3 is 0 Å². The number of pyridine rings is 1. The van der Waals surface area contributed by atoms with E-state index in [2.05, 4.69) is 20.3 Å². The molecule has 0 saturated carbocycles. The van der Waals surface area contributed by atoms with E-state index < -0.39 is 0 Å². The zero-order chi connectivity index (χ0) is 12.1. The minimum absolute atomic E-state index is 0.606. The quantitative estimate of drug-likeness (QED) is 0.867. The first-order valence-corrected chi connectivity index (χ1v) is 5.29. The molecule has 0 aliphatic heterocycles. The van der Waals surface area contributed by atoms with Gasteiger partial charge in [0.15, 0.2) is 0 Å². The first kappa shape index (κ1) is 11.3. The van der Waals surface area contributed by atoms with Gasteiger partial charge < -0.3 is 10.1 Å². The Morgan fingerprint density at radius 1 is 1.24 bits per heavy atom. The lowest BCUT2D eigenvalue weighted by Gasteiger charge is -2.05. The fraction of sp³-hybridized carbons (Fsp3) is 0.250. The Hall–Kier alpha value is -2.17. The summed E-state index contributed by atoms with van der Waals surface area (Å²) in [5.41, 5.74) is 2.11. The molecule has 0 aromatic carbocycles. The molecule has 0 bridgehead atoms. The molecule has 0 saturated heterocycles. The summed E-state index contributed by atoms with van der Waals surface area (Å²) in [4.78, 5) is 12.4. The van der Waals surface area contributed by atoms with Crippen molar-refractivity contribution in [3.05, 3.63) is 41.9 Å². The molecule has 2 aromatic heterocycles. The molecule has 2 heterocycles. The van der Waals surface area contributed by atoms with Gasteiger partial charge in [-0.1, -0.05) is 0 Å². The maximum atomic E-state index is 5.05. The fourth-order valence-electron chi connectivity index (χ4n) is 1.34. The minimum atomic E-state index is 0.606. The molecule has 5 nitrogen and oxygen atoms in total. The second kappa shape index (κ2) is 5.25. The van der Waals surface area contributed by atoms with Crippen molar-refractivity contribution in [2.75, 3.05) is 12.4 Å². The largest absolute Gasteiger partial charge is 0.481 e. The van der Waals surface area contributed by atoms with Gasteiger partial charge in [0, 0.05) is 31.2 Å². The highest BCUT2D eigenvalue weighted by molar-refractivity contribution is 5.29. The number of rotatable bonds is 4. The summed E-state index contributed by atoms with van der Waals surface area (Å²) in [6.45, 7) is 2.60. The first-order chi connectivity index (χ1) is 8.28. The number of nitrogens with one attached hydrogen (secondary N) is 1. The van der Waals surface area contributed by atoms with Crippen molar-refractivity contribution < 1.29 is 4.74 Å². The van der Waals surface area contributed by atoms with E-state index in [0.717, 1.165) is 11.1 Å². The molecule has 0 aliphatic rings. The average molecular weight is 230 g/mol. The lowest BCUT2D eigenvalue weighted by molar-refractivity contribution is 0.397. The number of anilines is 1. The summed E-state index contributed by atoms with van der Waals surface area (Å²) >= 11 is 0. The Labute approximate surface area is 99.9 Å². The van der Waals surface area contributed by atoms with Gasteiger partial charge in [-0.05, 0) is 24.1 Å². The maximum absolute atomic E-state index is 5.05. The Balaban J connectivity index is 1.99. The minimum Gasteiger partial charge on any atom is -0.481 e.